The zero-order valence-corrected chi connectivity index (χ0v) is 13.9. The van der Waals surface area contributed by atoms with Crippen LogP contribution in [0.5, 0.6) is 0 Å². The van der Waals surface area contributed by atoms with Crippen LogP contribution in [0.4, 0.5) is 0 Å². The first-order chi connectivity index (χ1) is 9.74. The maximum Gasteiger partial charge on any atom is 0.336 e. The summed E-state index contributed by atoms with van der Waals surface area (Å²) in [6, 6.07) is 0. The molecule has 0 aromatic heterocycles. The fraction of sp³-hybridized carbons (Fsp3) is 0.833. The highest BCUT2D eigenvalue weighted by Crippen LogP contribution is 2.74. The van der Waals surface area contributed by atoms with Crippen LogP contribution in [0.25, 0.3) is 0 Å². The minimum Gasteiger partial charge on any atom is -0.462 e. The van der Waals surface area contributed by atoms with Crippen molar-refractivity contribution < 1.29 is 14.6 Å². The number of aliphatic hydroxyl groups excluding tert-OH is 1. The lowest BCUT2D eigenvalue weighted by Gasteiger charge is -2.36. The second-order valence-electron chi connectivity index (χ2n) is 7.74. The first-order valence-electron chi connectivity index (χ1n) is 8.28. The first kappa shape index (κ1) is 16.5. The van der Waals surface area contributed by atoms with Crippen LogP contribution in [0, 0.1) is 22.7 Å². The number of carbonyl (C=O) groups is 1. The van der Waals surface area contributed by atoms with Gasteiger partial charge in [-0.15, -0.1) is 0 Å². The molecule has 0 heterocycles. The van der Waals surface area contributed by atoms with Gasteiger partial charge in [-0.2, -0.15) is 0 Å². The molecule has 0 aromatic carbocycles. The van der Waals surface area contributed by atoms with Gasteiger partial charge in [-0.25, -0.2) is 4.79 Å². The van der Waals surface area contributed by atoms with Crippen molar-refractivity contribution in [1.82, 2.24) is 0 Å². The van der Waals surface area contributed by atoms with Crippen molar-refractivity contribution >= 4 is 5.97 Å². The van der Waals surface area contributed by atoms with Gasteiger partial charge in [0.2, 0.25) is 0 Å². The number of hydrogen-bond donors (Lipinski definition) is 1. The number of rotatable bonds is 7. The number of esters is 1. The van der Waals surface area contributed by atoms with Gasteiger partial charge < -0.3 is 9.84 Å². The van der Waals surface area contributed by atoms with Crippen molar-refractivity contribution in [2.75, 3.05) is 6.61 Å². The molecule has 0 spiro atoms. The molecule has 0 bridgehead atoms. The van der Waals surface area contributed by atoms with E-state index in [9.17, 15) is 9.90 Å². The normalized spacial score (nSPS) is 34.1. The maximum absolute atomic E-state index is 11.8. The van der Waals surface area contributed by atoms with Gasteiger partial charge in [0.25, 0.3) is 0 Å². The van der Waals surface area contributed by atoms with E-state index >= 15 is 0 Å². The number of unbranched alkanes of at least 4 members (excludes halogenated alkanes) is 1. The molecule has 3 heteroatoms. The van der Waals surface area contributed by atoms with Crippen molar-refractivity contribution in [2.45, 2.75) is 65.9 Å². The van der Waals surface area contributed by atoms with Crippen molar-refractivity contribution in [3.8, 4) is 0 Å². The summed E-state index contributed by atoms with van der Waals surface area (Å²) in [5.41, 5.74) is 0.874. The van der Waals surface area contributed by atoms with Gasteiger partial charge in [0.05, 0.1) is 18.3 Å². The molecular weight excluding hydrogens is 264 g/mol. The second kappa shape index (κ2) is 5.75. The predicted octanol–water partition coefficient (Wildman–Crippen LogP) is 3.71. The molecule has 2 fully saturated rings. The smallest absolute Gasteiger partial charge is 0.336 e. The molecule has 0 aromatic rings. The third-order valence-electron chi connectivity index (χ3n) is 6.38. The Bertz CT molecular complexity index is 426. The summed E-state index contributed by atoms with van der Waals surface area (Å²) >= 11 is 0. The fourth-order valence-electron chi connectivity index (χ4n) is 4.03. The van der Waals surface area contributed by atoms with E-state index in [4.69, 9.17) is 4.74 Å². The molecule has 0 aliphatic heterocycles. The molecule has 3 nitrogen and oxygen atoms in total. The highest BCUT2D eigenvalue weighted by Gasteiger charge is 2.67. The summed E-state index contributed by atoms with van der Waals surface area (Å²) in [6.07, 6.45) is 4.17. The minimum absolute atomic E-state index is 0.215. The lowest BCUT2D eigenvalue weighted by atomic mass is 9.69. The maximum atomic E-state index is 11.8. The van der Waals surface area contributed by atoms with Gasteiger partial charge >= 0.3 is 5.97 Å². The van der Waals surface area contributed by atoms with E-state index < -0.39 is 12.1 Å². The van der Waals surface area contributed by atoms with E-state index in [0.29, 0.717) is 24.4 Å². The predicted molar refractivity (Wildman–Crippen MR) is 83.7 cm³/mol. The van der Waals surface area contributed by atoms with E-state index in [1.165, 1.54) is 12.8 Å². The van der Waals surface area contributed by atoms with Crippen molar-refractivity contribution in [3.63, 3.8) is 0 Å². The van der Waals surface area contributed by atoms with Crippen LogP contribution in [0.2, 0.25) is 0 Å². The lowest BCUT2D eigenvalue weighted by molar-refractivity contribution is -0.140. The van der Waals surface area contributed by atoms with Crippen molar-refractivity contribution in [1.29, 1.82) is 0 Å². The average molecular weight is 294 g/mol. The third kappa shape index (κ3) is 2.90. The zero-order valence-electron chi connectivity index (χ0n) is 13.9. The molecule has 4 atom stereocenters. The molecule has 2 aliphatic carbocycles. The first-order valence-corrected chi connectivity index (χ1v) is 8.28. The summed E-state index contributed by atoms with van der Waals surface area (Å²) in [6.45, 7) is 13.2. The quantitative estimate of drug-likeness (QED) is 0.442. The third-order valence-corrected chi connectivity index (χ3v) is 6.38. The molecule has 0 saturated heterocycles. The zero-order chi connectivity index (χ0) is 15.8. The fourth-order valence-corrected chi connectivity index (χ4v) is 4.03. The molecule has 2 aliphatic rings. The van der Waals surface area contributed by atoms with E-state index in [0.717, 1.165) is 18.8 Å². The number of aliphatic hydroxyl groups is 1. The summed E-state index contributed by atoms with van der Waals surface area (Å²) < 4.78 is 5.13. The summed E-state index contributed by atoms with van der Waals surface area (Å²) in [7, 11) is 0. The van der Waals surface area contributed by atoms with Crippen molar-refractivity contribution in [2.24, 2.45) is 22.7 Å². The summed E-state index contributed by atoms with van der Waals surface area (Å²) in [4.78, 5) is 11.8. The van der Waals surface area contributed by atoms with E-state index in [-0.39, 0.29) is 11.0 Å². The van der Waals surface area contributed by atoms with Crippen LogP contribution in [0.3, 0.4) is 0 Å². The van der Waals surface area contributed by atoms with Gasteiger partial charge in [-0.3, -0.25) is 0 Å². The Morgan fingerprint density at radius 3 is 2.62 bits per heavy atom. The number of fused-ring (bicyclic) bond motifs is 1. The monoisotopic (exact) mass is 294 g/mol. The Labute approximate surface area is 128 Å². The van der Waals surface area contributed by atoms with Gasteiger partial charge in [0.1, 0.15) is 0 Å². The molecule has 3 unspecified atom stereocenters. The van der Waals surface area contributed by atoms with Crippen LogP contribution < -0.4 is 0 Å². The van der Waals surface area contributed by atoms with Crippen molar-refractivity contribution in [3.05, 3.63) is 12.2 Å². The largest absolute Gasteiger partial charge is 0.462 e. The van der Waals surface area contributed by atoms with Crippen LogP contribution in [0.15, 0.2) is 12.2 Å². The summed E-state index contributed by atoms with van der Waals surface area (Å²) in [5, 5.41) is 10.3. The standard InChI is InChI=1S/C18H30O3/c1-6-7-8-21-16(20)12(2)15(19)10-13-9-14-11-18(14,5)17(13,3)4/h13-15,19H,2,6-11H2,1,3-5H3/t13?,14?,15?,18-/m0/s1. The lowest BCUT2D eigenvalue weighted by Crippen LogP contribution is -2.32. The Morgan fingerprint density at radius 2 is 2.10 bits per heavy atom. The van der Waals surface area contributed by atoms with Crippen LogP contribution in [-0.2, 0) is 9.53 Å². The Kier molecular flexibility index (Phi) is 4.53. The van der Waals surface area contributed by atoms with E-state index in [1.807, 2.05) is 6.92 Å². The van der Waals surface area contributed by atoms with Gasteiger partial charge in [-0.05, 0) is 48.3 Å². The molecule has 21 heavy (non-hydrogen) atoms. The molecule has 2 rings (SSSR count). The van der Waals surface area contributed by atoms with E-state index in [1.54, 1.807) is 0 Å². The van der Waals surface area contributed by atoms with Crippen LogP contribution in [-0.4, -0.2) is 23.8 Å². The second-order valence-corrected chi connectivity index (χ2v) is 7.74. The van der Waals surface area contributed by atoms with Crippen LogP contribution in [0.1, 0.15) is 59.8 Å². The number of ether oxygens (including phenoxy) is 1. The van der Waals surface area contributed by atoms with Gasteiger partial charge in [0, 0.05) is 0 Å². The minimum atomic E-state index is -0.774. The molecule has 0 radical (unpaired) electrons. The summed E-state index contributed by atoms with van der Waals surface area (Å²) in [5.74, 6) is 0.814. The Hall–Kier alpha value is -0.830. The number of hydrogen-bond acceptors (Lipinski definition) is 3. The average Bonchev–Trinajstić information content (AvgIpc) is 3.04. The molecular formula is C18H30O3. The Morgan fingerprint density at radius 1 is 1.43 bits per heavy atom. The highest BCUT2D eigenvalue weighted by molar-refractivity contribution is 5.88. The highest BCUT2D eigenvalue weighted by atomic mass is 16.5. The molecule has 2 saturated carbocycles. The number of carbonyl (C=O) groups excluding carboxylic acids is 1. The molecule has 1 N–H and O–H groups in total. The van der Waals surface area contributed by atoms with Crippen LogP contribution >= 0.6 is 0 Å². The van der Waals surface area contributed by atoms with Gasteiger partial charge in [-0.1, -0.05) is 40.7 Å². The van der Waals surface area contributed by atoms with Gasteiger partial charge in [0.15, 0.2) is 0 Å². The SMILES string of the molecule is C=C(C(=O)OCCCC)C(O)CC1CC2C[C@]2(C)C1(C)C. The Balaban J connectivity index is 1.86. The van der Waals surface area contributed by atoms with E-state index in [2.05, 4.69) is 27.4 Å². The topological polar surface area (TPSA) is 46.5 Å². The molecule has 0 amide bonds. The molecule has 120 valence electrons.